The van der Waals surface area contributed by atoms with E-state index in [9.17, 15) is 0 Å². The topological polar surface area (TPSA) is 22.1 Å². The molecule has 1 atom stereocenters. The van der Waals surface area contributed by atoms with Crippen molar-refractivity contribution in [3.63, 3.8) is 0 Å². The summed E-state index contributed by atoms with van der Waals surface area (Å²) in [7, 11) is 0. The number of ether oxygens (including phenoxy) is 1. The third kappa shape index (κ3) is 2.05. The highest BCUT2D eigenvalue weighted by atomic mass is 16.5. The highest BCUT2D eigenvalue weighted by Crippen LogP contribution is 2.40. The van der Waals surface area contributed by atoms with Gasteiger partial charge >= 0.3 is 0 Å². The molecule has 80 valence electrons. The van der Waals surface area contributed by atoms with E-state index in [1.165, 1.54) is 43.4 Å². The van der Waals surface area contributed by atoms with Crippen LogP contribution >= 0.6 is 0 Å². The van der Waals surface area contributed by atoms with Crippen molar-refractivity contribution in [3.8, 4) is 0 Å². The summed E-state index contributed by atoms with van der Waals surface area (Å²) in [6, 6.07) is 4.37. The van der Waals surface area contributed by atoms with Crippen LogP contribution in [0.15, 0.2) is 18.3 Å². The predicted molar refractivity (Wildman–Crippen MR) is 58.8 cm³/mol. The summed E-state index contributed by atoms with van der Waals surface area (Å²) in [5.41, 5.74) is 2.62. The van der Waals surface area contributed by atoms with E-state index in [0.29, 0.717) is 6.10 Å². The zero-order valence-electron chi connectivity index (χ0n) is 8.98. The van der Waals surface area contributed by atoms with Crippen molar-refractivity contribution >= 4 is 0 Å². The maximum atomic E-state index is 5.79. The molecular formula is C13H17NO. The molecule has 0 bridgehead atoms. The molecule has 15 heavy (non-hydrogen) atoms. The van der Waals surface area contributed by atoms with Gasteiger partial charge in [-0.15, -0.1) is 0 Å². The van der Waals surface area contributed by atoms with Crippen LogP contribution in [0.4, 0.5) is 0 Å². The lowest BCUT2D eigenvalue weighted by Gasteiger charge is -2.23. The molecule has 1 aliphatic heterocycles. The van der Waals surface area contributed by atoms with E-state index >= 15 is 0 Å². The Morgan fingerprint density at radius 1 is 1.20 bits per heavy atom. The van der Waals surface area contributed by atoms with Gasteiger partial charge < -0.3 is 4.74 Å². The number of hydrogen-bond donors (Lipinski definition) is 0. The monoisotopic (exact) mass is 203 g/mol. The molecule has 2 heterocycles. The van der Waals surface area contributed by atoms with Crippen LogP contribution in [0.25, 0.3) is 0 Å². The summed E-state index contributed by atoms with van der Waals surface area (Å²) in [6.07, 6.45) is 8.61. The summed E-state index contributed by atoms with van der Waals surface area (Å²) in [4.78, 5) is 4.44. The number of pyridine rings is 1. The molecule has 0 N–H and O–H groups in total. The van der Waals surface area contributed by atoms with E-state index in [2.05, 4.69) is 17.1 Å². The molecule has 1 aliphatic carbocycles. The minimum Gasteiger partial charge on any atom is -0.374 e. The van der Waals surface area contributed by atoms with Crippen LogP contribution in [0, 0.1) is 0 Å². The van der Waals surface area contributed by atoms with Gasteiger partial charge in [0.2, 0.25) is 0 Å². The zero-order valence-corrected chi connectivity index (χ0v) is 8.98. The van der Waals surface area contributed by atoms with Crippen LogP contribution in [-0.2, 0) is 4.74 Å². The fourth-order valence-electron chi connectivity index (χ4n) is 2.27. The average molecular weight is 203 g/mol. The van der Waals surface area contributed by atoms with Crippen LogP contribution in [0.2, 0.25) is 0 Å². The SMILES string of the molecule is c1cc([C@@H]2CCCCO2)cc(C2CC2)n1. The fourth-order valence-corrected chi connectivity index (χ4v) is 2.27. The van der Waals surface area contributed by atoms with Crippen molar-refractivity contribution in [2.75, 3.05) is 6.61 Å². The molecule has 1 aromatic rings. The maximum absolute atomic E-state index is 5.79. The van der Waals surface area contributed by atoms with Crippen molar-refractivity contribution in [2.24, 2.45) is 0 Å². The van der Waals surface area contributed by atoms with E-state index in [1.807, 2.05) is 6.20 Å². The first-order valence-electron chi connectivity index (χ1n) is 6.01. The maximum Gasteiger partial charge on any atom is 0.0826 e. The number of rotatable bonds is 2. The van der Waals surface area contributed by atoms with E-state index in [0.717, 1.165) is 12.5 Å². The first kappa shape index (κ1) is 9.34. The van der Waals surface area contributed by atoms with Crippen LogP contribution in [0.1, 0.15) is 55.4 Å². The van der Waals surface area contributed by atoms with Crippen LogP contribution < -0.4 is 0 Å². The standard InChI is InChI=1S/C13H17NO/c1-2-8-15-13(3-1)11-6-7-14-12(9-11)10-4-5-10/h6-7,9-10,13H,1-5,8H2/t13-/m0/s1. The summed E-state index contributed by atoms with van der Waals surface area (Å²) < 4.78 is 5.79. The van der Waals surface area contributed by atoms with Crippen molar-refractivity contribution < 1.29 is 4.74 Å². The van der Waals surface area contributed by atoms with Crippen molar-refractivity contribution in [1.29, 1.82) is 0 Å². The van der Waals surface area contributed by atoms with Gasteiger partial charge in [-0.05, 0) is 49.8 Å². The lowest BCUT2D eigenvalue weighted by Crippen LogP contribution is -2.11. The number of aromatic nitrogens is 1. The lowest BCUT2D eigenvalue weighted by atomic mass is 10.0. The third-order valence-corrected chi connectivity index (χ3v) is 3.35. The first-order valence-corrected chi connectivity index (χ1v) is 6.01. The largest absolute Gasteiger partial charge is 0.374 e. The predicted octanol–water partition coefficient (Wildman–Crippen LogP) is 3.20. The molecule has 0 amide bonds. The van der Waals surface area contributed by atoms with E-state index in [1.54, 1.807) is 0 Å². The summed E-state index contributed by atoms with van der Waals surface area (Å²) in [6.45, 7) is 0.922. The van der Waals surface area contributed by atoms with E-state index < -0.39 is 0 Å². The Morgan fingerprint density at radius 3 is 2.87 bits per heavy atom. The molecule has 2 aliphatic rings. The quantitative estimate of drug-likeness (QED) is 0.736. The molecule has 2 heteroatoms. The summed E-state index contributed by atoms with van der Waals surface area (Å²) in [5, 5.41) is 0. The van der Waals surface area contributed by atoms with Gasteiger partial charge in [0.1, 0.15) is 0 Å². The molecule has 0 spiro atoms. The Morgan fingerprint density at radius 2 is 2.13 bits per heavy atom. The highest BCUT2D eigenvalue weighted by Gasteiger charge is 2.26. The van der Waals surface area contributed by atoms with Gasteiger partial charge in [-0.25, -0.2) is 0 Å². The number of hydrogen-bond acceptors (Lipinski definition) is 2. The van der Waals surface area contributed by atoms with Crippen molar-refractivity contribution in [2.45, 2.75) is 44.1 Å². The summed E-state index contributed by atoms with van der Waals surface area (Å²) in [5.74, 6) is 0.744. The van der Waals surface area contributed by atoms with E-state index in [4.69, 9.17) is 4.74 Å². The molecule has 2 fully saturated rings. The van der Waals surface area contributed by atoms with Gasteiger partial charge in [-0.1, -0.05) is 0 Å². The molecule has 0 radical (unpaired) electrons. The van der Waals surface area contributed by atoms with Gasteiger partial charge in [0.05, 0.1) is 6.10 Å². The molecule has 2 nitrogen and oxygen atoms in total. The third-order valence-electron chi connectivity index (χ3n) is 3.35. The minimum atomic E-state index is 0.333. The van der Waals surface area contributed by atoms with Crippen LogP contribution in [0.5, 0.6) is 0 Å². The Bertz CT molecular complexity index is 340. The molecule has 0 aromatic carbocycles. The highest BCUT2D eigenvalue weighted by molar-refractivity contribution is 5.24. The van der Waals surface area contributed by atoms with Gasteiger partial charge in [-0.2, -0.15) is 0 Å². The second kappa shape index (κ2) is 3.93. The summed E-state index contributed by atoms with van der Waals surface area (Å²) >= 11 is 0. The van der Waals surface area contributed by atoms with Crippen LogP contribution in [0.3, 0.4) is 0 Å². The molecule has 1 saturated carbocycles. The molecule has 0 unspecified atom stereocenters. The van der Waals surface area contributed by atoms with Crippen molar-refractivity contribution in [3.05, 3.63) is 29.6 Å². The molecular weight excluding hydrogens is 186 g/mol. The second-order valence-electron chi connectivity index (χ2n) is 4.64. The van der Waals surface area contributed by atoms with Crippen LogP contribution in [-0.4, -0.2) is 11.6 Å². The smallest absolute Gasteiger partial charge is 0.0826 e. The van der Waals surface area contributed by atoms with Gasteiger partial charge in [-0.3, -0.25) is 4.98 Å². The first-order chi connectivity index (χ1) is 7.43. The minimum absolute atomic E-state index is 0.333. The molecule has 1 saturated heterocycles. The fraction of sp³-hybridized carbons (Fsp3) is 0.615. The van der Waals surface area contributed by atoms with Crippen molar-refractivity contribution in [1.82, 2.24) is 4.98 Å². The van der Waals surface area contributed by atoms with Gasteiger partial charge in [0.15, 0.2) is 0 Å². The lowest BCUT2D eigenvalue weighted by molar-refractivity contribution is 0.0148. The Labute approximate surface area is 90.7 Å². The molecule has 1 aromatic heterocycles. The Kier molecular flexibility index (Phi) is 2.45. The normalized spacial score (nSPS) is 26.5. The van der Waals surface area contributed by atoms with Gasteiger partial charge in [0.25, 0.3) is 0 Å². The van der Waals surface area contributed by atoms with Gasteiger partial charge in [0, 0.05) is 24.4 Å². The Hall–Kier alpha value is -0.890. The molecule has 3 rings (SSSR count). The zero-order chi connectivity index (χ0) is 10.1. The Balaban J connectivity index is 1.80. The number of nitrogens with zero attached hydrogens (tertiary/aromatic N) is 1. The average Bonchev–Trinajstić information content (AvgIpc) is 3.14. The second-order valence-corrected chi connectivity index (χ2v) is 4.64. The van der Waals surface area contributed by atoms with E-state index in [-0.39, 0.29) is 0 Å².